The molecule has 4 saturated carbocycles. The summed E-state index contributed by atoms with van der Waals surface area (Å²) in [5.41, 5.74) is 10.9. The van der Waals surface area contributed by atoms with Crippen molar-refractivity contribution in [3.63, 3.8) is 0 Å². The molecular formula is C26H29NO3. The summed E-state index contributed by atoms with van der Waals surface area (Å²) in [5, 5.41) is 19.9. The van der Waals surface area contributed by atoms with Crippen molar-refractivity contribution in [2.45, 2.75) is 44.6 Å². The minimum absolute atomic E-state index is 0.319. The molecule has 0 atom stereocenters. The third-order valence-electron chi connectivity index (χ3n) is 7.69. The van der Waals surface area contributed by atoms with Crippen LogP contribution >= 0.6 is 0 Å². The van der Waals surface area contributed by atoms with Crippen LogP contribution in [0.3, 0.4) is 0 Å². The van der Waals surface area contributed by atoms with Crippen molar-refractivity contribution in [3.05, 3.63) is 59.2 Å². The van der Waals surface area contributed by atoms with Gasteiger partial charge in [0.25, 0.3) is 0 Å². The van der Waals surface area contributed by atoms with Crippen molar-refractivity contribution in [1.29, 1.82) is 0 Å². The van der Waals surface area contributed by atoms with Crippen LogP contribution < -0.4 is 5.73 Å². The number of rotatable bonds is 5. The highest BCUT2D eigenvalue weighted by molar-refractivity contribution is 5.85. The minimum atomic E-state index is -0.953. The first-order valence-corrected chi connectivity index (χ1v) is 11.1. The number of aliphatic carboxylic acids is 1. The average molecular weight is 404 g/mol. The van der Waals surface area contributed by atoms with Crippen molar-refractivity contribution >= 4 is 12.0 Å². The number of phenols is 1. The molecule has 4 N–H and O–H groups in total. The standard InChI is InChI=1S/C26H29NO3/c27-14-22-12-19(18-4-1-15(2-5-18)3-6-24(28)29)13-23(26(22)30)25-20-8-16-7-17(10-20)11-21(25)9-16/h1-6,12-13,16-17,20-21,25,30H,7-11,14,27H2,(H,28,29). The Morgan fingerprint density at radius 2 is 1.60 bits per heavy atom. The molecule has 4 aliphatic rings. The minimum Gasteiger partial charge on any atom is -0.507 e. The lowest BCUT2D eigenvalue weighted by atomic mass is 9.50. The highest BCUT2D eigenvalue weighted by Crippen LogP contribution is 2.61. The van der Waals surface area contributed by atoms with Crippen LogP contribution in [0.4, 0.5) is 0 Å². The van der Waals surface area contributed by atoms with Crippen LogP contribution in [0.1, 0.15) is 54.7 Å². The van der Waals surface area contributed by atoms with Gasteiger partial charge in [-0.05, 0) is 102 Å². The molecule has 30 heavy (non-hydrogen) atoms. The summed E-state index contributed by atoms with van der Waals surface area (Å²) < 4.78 is 0. The summed E-state index contributed by atoms with van der Waals surface area (Å²) >= 11 is 0. The number of carboxylic acids is 1. The van der Waals surface area contributed by atoms with Gasteiger partial charge in [-0.2, -0.15) is 0 Å². The highest BCUT2D eigenvalue weighted by Gasteiger charge is 2.49. The van der Waals surface area contributed by atoms with Gasteiger partial charge in [-0.15, -0.1) is 0 Å². The molecule has 2 aromatic carbocycles. The van der Waals surface area contributed by atoms with Crippen molar-refractivity contribution in [1.82, 2.24) is 0 Å². The Morgan fingerprint density at radius 1 is 0.967 bits per heavy atom. The van der Waals surface area contributed by atoms with E-state index in [9.17, 15) is 9.90 Å². The average Bonchev–Trinajstić information content (AvgIpc) is 2.73. The third-order valence-corrected chi connectivity index (χ3v) is 7.69. The zero-order chi connectivity index (χ0) is 20.8. The topological polar surface area (TPSA) is 83.6 Å². The van der Waals surface area contributed by atoms with Crippen LogP contribution in [-0.4, -0.2) is 16.2 Å². The number of nitrogens with two attached hydrogens (primary N) is 1. The first kappa shape index (κ1) is 19.4. The van der Waals surface area contributed by atoms with Gasteiger partial charge in [0, 0.05) is 18.2 Å². The van der Waals surface area contributed by atoms with Crippen LogP contribution in [0.25, 0.3) is 17.2 Å². The second-order valence-corrected chi connectivity index (χ2v) is 9.53. The van der Waals surface area contributed by atoms with Gasteiger partial charge < -0.3 is 15.9 Å². The second kappa shape index (κ2) is 7.59. The summed E-state index contributed by atoms with van der Waals surface area (Å²) in [6.07, 6.45) is 9.39. The Labute approximate surface area is 177 Å². The Balaban J connectivity index is 1.51. The smallest absolute Gasteiger partial charge is 0.328 e. The van der Waals surface area contributed by atoms with E-state index in [1.165, 1.54) is 32.1 Å². The van der Waals surface area contributed by atoms with E-state index in [-0.39, 0.29) is 0 Å². The third kappa shape index (κ3) is 3.43. The zero-order valence-corrected chi connectivity index (χ0v) is 17.1. The lowest BCUT2D eigenvalue weighted by molar-refractivity contribution is -0.131. The van der Waals surface area contributed by atoms with E-state index in [2.05, 4.69) is 6.07 Å². The van der Waals surface area contributed by atoms with Gasteiger partial charge in [-0.1, -0.05) is 24.3 Å². The highest BCUT2D eigenvalue weighted by atomic mass is 16.4. The van der Waals surface area contributed by atoms with Crippen LogP contribution in [0.5, 0.6) is 5.75 Å². The van der Waals surface area contributed by atoms with Crippen LogP contribution in [-0.2, 0) is 11.3 Å². The first-order valence-electron chi connectivity index (χ1n) is 11.1. The lowest BCUT2D eigenvalue weighted by Crippen LogP contribution is -2.43. The monoisotopic (exact) mass is 403 g/mol. The van der Waals surface area contributed by atoms with Gasteiger partial charge in [0.1, 0.15) is 5.75 Å². The summed E-state index contributed by atoms with van der Waals surface area (Å²) in [5.74, 6) is 3.07. The van der Waals surface area contributed by atoms with Gasteiger partial charge in [0.05, 0.1) is 0 Å². The Hall–Kier alpha value is -2.59. The number of carboxylic acid groups (broad SMARTS) is 1. The maximum Gasteiger partial charge on any atom is 0.328 e. The van der Waals surface area contributed by atoms with E-state index in [4.69, 9.17) is 10.8 Å². The quantitative estimate of drug-likeness (QED) is 0.603. The summed E-state index contributed by atoms with van der Waals surface area (Å²) in [6, 6.07) is 12.0. The maximum absolute atomic E-state index is 11.1. The van der Waals surface area contributed by atoms with Crippen molar-refractivity contribution < 1.29 is 15.0 Å². The SMILES string of the molecule is NCc1cc(-c2ccc(C=CC(=O)O)cc2)cc(C2C3CC4CC(C3)CC2C4)c1O. The Morgan fingerprint density at radius 3 is 2.17 bits per heavy atom. The predicted octanol–water partition coefficient (Wildman–Crippen LogP) is 5.16. The molecule has 0 radical (unpaired) electrons. The molecular weight excluding hydrogens is 374 g/mol. The number of phenolic OH excluding ortho intramolecular Hbond substituents is 1. The van der Waals surface area contributed by atoms with Gasteiger partial charge in [0.2, 0.25) is 0 Å². The van der Waals surface area contributed by atoms with Gasteiger partial charge >= 0.3 is 5.97 Å². The number of carbonyl (C=O) groups is 1. The molecule has 156 valence electrons. The van der Waals surface area contributed by atoms with Gasteiger partial charge in [-0.25, -0.2) is 4.79 Å². The fraction of sp³-hybridized carbons (Fsp3) is 0.423. The largest absolute Gasteiger partial charge is 0.507 e. The van der Waals surface area contributed by atoms with Gasteiger partial charge in [0.15, 0.2) is 0 Å². The molecule has 4 bridgehead atoms. The molecule has 4 fully saturated rings. The molecule has 0 aromatic heterocycles. The normalized spacial score (nSPS) is 29.6. The second-order valence-electron chi connectivity index (χ2n) is 9.53. The van der Waals surface area contributed by atoms with E-state index >= 15 is 0 Å². The molecule has 4 nitrogen and oxygen atoms in total. The van der Waals surface area contributed by atoms with E-state index in [1.807, 2.05) is 30.3 Å². The first-order chi connectivity index (χ1) is 14.5. The van der Waals surface area contributed by atoms with Crippen LogP contribution in [0.2, 0.25) is 0 Å². The molecule has 0 amide bonds. The number of aromatic hydroxyl groups is 1. The Bertz CT molecular complexity index is 964. The lowest BCUT2D eigenvalue weighted by Gasteiger charge is -2.54. The van der Waals surface area contributed by atoms with Crippen molar-refractivity contribution in [3.8, 4) is 16.9 Å². The van der Waals surface area contributed by atoms with Crippen LogP contribution in [0, 0.1) is 23.7 Å². The molecule has 4 aliphatic carbocycles. The molecule has 0 heterocycles. The molecule has 4 heteroatoms. The van der Waals surface area contributed by atoms with E-state index in [1.54, 1.807) is 6.08 Å². The maximum atomic E-state index is 11.1. The fourth-order valence-electron chi connectivity index (χ4n) is 6.68. The molecule has 6 rings (SSSR count). The number of hydrogen-bond donors (Lipinski definition) is 3. The zero-order valence-electron chi connectivity index (χ0n) is 17.1. The van der Waals surface area contributed by atoms with Crippen molar-refractivity contribution in [2.24, 2.45) is 29.4 Å². The summed E-state index contributed by atoms with van der Waals surface area (Å²) in [4.78, 5) is 10.7. The molecule has 0 aliphatic heterocycles. The molecule has 0 unspecified atom stereocenters. The molecule has 0 spiro atoms. The predicted molar refractivity (Wildman–Crippen MR) is 118 cm³/mol. The van der Waals surface area contributed by atoms with E-state index < -0.39 is 5.97 Å². The number of benzene rings is 2. The van der Waals surface area contributed by atoms with Crippen molar-refractivity contribution in [2.75, 3.05) is 0 Å². The Kier molecular flexibility index (Phi) is 4.90. The van der Waals surface area contributed by atoms with Gasteiger partial charge in [-0.3, -0.25) is 0 Å². The van der Waals surface area contributed by atoms with E-state index in [0.717, 1.165) is 45.7 Å². The van der Waals surface area contributed by atoms with Crippen LogP contribution in [0.15, 0.2) is 42.5 Å². The van der Waals surface area contributed by atoms with E-state index in [0.29, 0.717) is 30.0 Å². The number of hydrogen-bond acceptors (Lipinski definition) is 3. The molecule has 0 saturated heterocycles. The fourth-order valence-corrected chi connectivity index (χ4v) is 6.68. The summed E-state index contributed by atoms with van der Waals surface area (Å²) in [7, 11) is 0. The molecule has 2 aromatic rings. The summed E-state index contributed by atoms with van der Waals surface area (Å²) in [6.45, 7) is 0.319.